The number of alkyl halides is 3. The third kappa shape index (κ3) is 5.97. The first-order valence-electron chi connectivity index (χ1n) is 10.9. The number of halogens is 4. The number of ether oxygens (including phenoxy) is 3. The van der Waals surface area contributed by atoms with Crippen LogP contribution in [-0.2, 0) is 11.0 Å². The van der Waals surface area contributed by atoms with Crippen LogP contribution in [0.2, 0.25) is 0 Å². The van der Waals surface area contributed by atoms with Crippen LogP contribution in [0, 0.1) is 5.82 Å². The molecule has 10 heteroatoms. The van der Waals surface area contributed by atoms with E-state index in [2.05, 4.69) is 0 Å². The van der Waals surface area contributed by atoms with Crippen molar-refractivity contribution in [1.82, 2.24) is 0 Å². The van der Waals surface area contributed by atoms with Gasteiger partial charge in [-0.25, -0.2) is 9.18 Å². The van der Waals surface area contributed by atoms with Crippen LogP contribution in [0.5, 0.6) is 23.0 Å². The van der Waals surface area contributed by atoms with Crippen LogP contribution in [0.4, 0.5) is 17.6 Å². The highest BCUT2D eigenvalue weighted by Gasteiger charge is 2.40. The van der Waals surface area contributed by atoms with Gasteiger partial charge in [0.1, 0.15) is 17.1 Å². The van der Waals surface area contributed by atoms with Crippen molar-refractivity contribution in [2.24, 2.45) is 0 Å². The van der Waals surface area contributed by atoms with Crippen molar-refractivity contribution in [2.75, 3.05) is 6.61 Å². The lowest BCUT2D eigenvalue weighted by Gasteiger charge is -2.15. The van der Waals surface area contributed by atoms with E-state index in [1.807, 2.05) is 0 Å². The second kappa shape index (κ2) is 10.6. The summed E-state index contributed by atoms with van der Waals surface area (Å²) < 4.78 is 75.4. The molecule has 190 valence electrons. The van der Waals surface area contributed by atoms with Gasteiger partial charge in [0.2, 0.25) is 11.2 Å². The van der Waals surface area contributed by atoms with Crippen molar-refractivity contribution in [3.8, 4) is 23.0 Å². The molecule has 3 aromatic carbocycles. The minimum absolute atomic E-state index is 0.0972. The first-order chi connectivity index (χ1) is 17.7. The Morgan fingerprint density at radius 3 is 2.38 bits per heavy atom. The van der Waals surface area contributed by atoms with Crippen LogP contribution in [0.1, 0.15) is 18.2 Å². The normalized spacial score (nSPS) is 11.6. The topological polar surface area (TPSA) is 75.0 Å². The van der Waals surface area contributed by atoms with E-state index in [0.717, 1.165) is 18.2 Å². The first-order valence-corrected chi connectivity index (χ1v) is 10.9. The number of hydrogen-bond acceptors (Lipinski definition) is 6. The molecule has 0 bridgehead atoms. The van der Waals surface area contributed by atoms with E-state index < -0.39 is 40.5 Å². The number of carbonyl (C=O) groups is 1. The highest BCUT2D eigenvalue weighted by atomic mass is 19.4. The van der Waals surface area contributed by atoms with Gasteiger partial charge in [0.15, 0.2) is 11.5 Å². The fourth-order valence-corrected chi connectivity index (χ4v) is 3.31. The number of benzene rings is 3. The van der Waals surface area contributed by atoms with Crippen molar-refractivity contribution >= 4 is 23.0 Å². The SMILES string of the molecule is CCOc1ccccc1Oc1c(C(F)(F)F)oc2cc(OC(=O)C=Cc3ccc(F)cc3)ccc2c1=O. The molecule has 0 atom stereocenters. The van der Waals surface area contributed by atoms with Gasteiger partial charge in [0.25, 0.3) is 5.76 Å². The summed E-state index contributed by atoms with van der Waals surface area (Å²) in [6.07, 6.45) is -2.65. The molecule has 1 heterocycles. The summed E-state index contributed by atoms with van der Waals surface area (Å²) in [6, 6.07) is 14.6. The Kier molecular flexibility index (Phi) is 7.28. The predicted molar refractivity (Wildman–Crippen MR) is 126 cm³/mol. The average Bonchev–Trinajstić information content (AvgIpc) is 2.86. The van der Waals surface area contributed by atoms with Crippen LogP contribution in [-0.4, -0.2) is 12.6 Å². The van der Waals surface area contributed by atoms with Crippen LogP contribution in [0.3, 0.4) is 0 Å². The fraction of sp³-hybridized carbons (Fsp3) is 0.111. The van der Waals surface area contributed by atoms with E-state index in [-0.39, 0.29) is 29.2 Å². The molecule has 0 radical (unpaired) electrons. The monoisotopic (exact) mass is 514 g/mol. The van der Waals surface area contributed by atoms with Crippen molar-refractivity contribution < 1.29 is 41.0 Å². The van der Waals surface area contributed by atoms with Gasteiger partial charge in [-0.2, -0.15) is 13.2 Å². The van der Waals surface area contributed by atoms with Gasteiger partial charge in [0.05, 0.1) is 12.0 Å². The number of fused-ring (bicyclic) bond motifs is 1. The van der Waals surface area contributed by atoms with E-state index in [4.69, 9.17) is 18.6 Å². The Morgan fingerprint density at radius 2 is 1.70 bits per heavy atom. The summed E-state index contributed by atoms with van der Waals surface area (Å²) in [4.78, 5) is 25.2. The van der Waals surface area contributed by atoms with Crippen molar-refractivity contribution in [3.05, 3.63) is 100 Å². The first kappa shape index (κ1) is 25.5. The molecule has 0 saturated heterocycles. The van der Waals surface area contributed by atoms with Crippen LogP contribution < -0.4 is 19.6 Å². The number of esters is 1. The van der Waals surface area contributed by atoms with Gasteiger partial charge >= 0.3 is 12.1 Å². The van der Waals surface area contributed by atoms with E-state index in [0.29, 0.717) is 5.56 Å². The zero-order chi connectivity index (χ0) is 26.6. The van der Waals surface area contributed by atoms with E-state index >= 15 is 0 Å². The molecule has 0 fully saturated rings. The van der Waals surface area contributed by atoms with Gasteiger partial charge in [-0.3, -0.25) is 4.79 Å². The summed E-state index contributed by atoms with van der Waals surface area (Å²) in [5.74, 6) is -4.12. The lowest BCUT2D eigenvalue weighted by Crippen LogP contribution is -2.16. The average molecular weight is 514 g/mol. The molecule has 0 aliphatic carbocycles. The number of hydrogen-bond donors (Lipinski definition) is 0. The molecular formula is C27H18F4O6. The molecule has 4 aromatic rings. The maximum absolute atomic E-state index is 13.8. The smallest absolute Gasteiger partial charge is 0.453 e. The maximum Gasteiger partial charge on any atom is 0.453 e. The number of rotatable bonds is 7. The van der Waals surface area contributed by atoms with Gasteiger partial charge in [-0.15, -0.1) is 0 Å². The second-order valence-corrected chi connectivity index (χ2v) is 7.53. The van der Waals surface area contributed by atoms with Crippen molar-refractivity contribution in [3.63, 3.8) is 0 Å². The zero-order valence-corrected chi connectivity index (χ0v) is 19.2. The predicted octanol–water partition coefficient (Wildman–Crippen LogP) is 6.76. The Hall–Kier alpha value is -4.60. The number of carbonyl (C=O) groups excluding carboxylic acids is 1. The molecule has 4 rings (SSSR count). The Balaban J connectivity index is 1.67. The van der Waals surface area contributed by atoms with Crippen LogP contribution in [0.15, 0.2) is 82.0 Å². The van der Waals surface area contributed by atoms with E-state index in [1.165, 1.54) is 54.6 Å². The van der Waals surface area contributed by atoms with E-state index in [1.54, 1.807) is 13.0 Å². The quantitative estimate of drug-likeness (QED) is 0.117. The summed E-state index contributed by atoms with van der Waals surface area (Å²) in [5, 5.41) is -0.224. The summed E-state index contributed by atoms with van der Waals surface area (Å²) in [5.41, 5.74) is -1.01. The molecule has 1 aromatic heterocycles. The molecule has 0 unspecified atom stereocenters. The molecule has 37 heavy (non-hydrogen) atoms. The maximum atomic E-state index is 13.8. The standard InChI is InChI=1S/C27H18F4O6/c1-2-34-20-5-3-4-6-21(20)36-25-24(33)19-13-12-18(15-22(19)37-26(25)27(29,30)31)35-23(32)14-9-16-7-10-17(28)11-8-16/h3-15H,2H2,1H3. The van der Waals surface area contributed by atoms with Crippen molar-refractivity contribution in [1.29, 1.82) is 0 Å². The molecule has 6 nitrogen and oxygen atoms in total. The minimum Gasteiger partial charge on any atom is -0.490 e. The largest absolute Gasteiger partial charge is 0.490 e. The van der Waals surface area contributed by atoms with Crippen LogP contribution in [0.25, 0.3) is 17.0 Å². The molecule has 0 amide bonds. The summed E-state index contributed by atoms with van der Waals surface area (Å²) in [6.45, 7) is 1.91. The zero-order valence-electron chi connectivity index (χ0n) is 19.2. The Morgan fingerprint density at radius 1 is 1.00 bits per heavy atom. The Labute approximate surface area is 207 Å². The molecule has 0 saturated carbocycles. The highest BCUT2D eigenvalue weighted by molar-refractivity contribution is 5.89. The number of para-hydroxylation sites is 2. The van der Waals surface area contributed by atoms with Gasteiger partial charge in [-0.05, 0) is 55.0 Å². The lowest BCUT2D eigenvalue weighted by atomic mass is 10.2. The lowest BCUT2D eigenvalue weighted by molar-refractivity contribution is -0.154. The van der Waals surface area contributed by atoms with Gasteiger partial charge in [-0.1, -0.05) is 24.3 Å². The van der Waals surface area contributed by atoms with E-state index in [9.17, 15) is 27.2 Å². The Bertz CT molecular complexity index is 1520. The third-order valence-electron chi connectivity index (χ3n) is 4.94. The van der Waals surface area contributed by atoms with Gasteiger partial charge < -0.3 is 18.6 Å². The molecule has 0 aliphatic rings. The minimum atomic E-state index is -5.08. The molecule has 0 aliphatic heterocycles. The summed E-state index contributed by atoms with van der Waals surface area (Å²) in [7, 11) is 0. The molecule has 0 spiro atoms. The second-order valence-electron chi connectivity index (χ2n) is 7.53. The molecular weight excluding hydrogens is 496 g/mol. The van der Waals surface area contributed by atoms with Gasteiger partial charge in [0, 0.05) is 12.1 Å². The highest BCUT2D eigenvalue weighted by Crippen LogP contribution is 2.40. The van der Waals surface area contributed by atoms with Crippen molar-refractivity contribution in [2.45, 2.75) is 13.1 Å². The fourth-order valence-electron chi connectivity index (χ4n) is 3.31. The molecule has 0 N–H and O–H groups in total. The van der Waals surface area contributed by atoms with Crippen LogP contribution >= 0.6 is 0 Å². The third-order valence-corrected chi connectivity index (χ3v) is 4.94. The summed E-state index contributed by atoms with van der Waals surface area (Å²) >= 11 is 0.